The highest BCUT2D eigenvalue weighted by atomic mass is 16.2. The first-order valence-corrected chi connectivity index (χ1v) is 7.91. The first-order chi connectivity index (χ1) is 10.6. The summed E-state index contributed by atoms with van der Waals surface area (Å²) in [6, 6.07) is 10.7. The molecule has 0 spiro atoms. The van der Waals surface area contributed by atoms with Crippen LogP contribution in [0.3, 0.4) is 0 Å². The van der Waals surface area contributed by atoms with Crippen molar-refractivity contribution < 1.29 is 9.59 Å². The summed E-state index contributed by atoms with van der Waals surface area (Å²) < 4.78 is 0. The van der Waals surface area contributed by atoms with Gasteiger partial charge in [-0.3, -0.25) is 9.59 Å². The van der Waals surface area contributed by atoms with Crippen LogP contribution in [0.1, 0.15) is 26.2 Å². The minimum absolute atomic E-state index is 0.102. The highest BCUT2D eigenvalue weighted by Crippen LogP contribution is 2.46. The van der Waals surface area contributed by atoms with Gasteiger partial charge in [-0.1, -0.05) is 18.2 Å². The van der Waals surface area contributed by atoms with Crippen LogP contribution >= 0.6 is 0 Å². The molecule has 1 aliphatic carbocycles. The molecule has 22 heavy (non-hydrogen) atoms. The zero-order chi connectivity index (χ0) is 15.7. The number of nitrogens with one attached hydrogen (secondary N) is 2. The monoisotopic (exact) mass is 301 g/mol. The van der Waals surface area contributed by atoms with Gasteiger partial charge in [0.05, 0.1) is 0 Å². The van der Waals surface area contributed by atoms with Gasteiger partial charge in [0, 0.05) is 31.4 Å². The predicted octanol–water partition coefficient (Wildman–Crippen LogP) is 1.30. The molecule has 1 heterocycles. The molecule has 2 aliphatic rings. The standard InChI is InChI=1S/C17H23N3O2/c1-12-10-13(11-20(12)14-6-4-3-5-7-14)19-16(22)17(8-9-17)15(21)18-2/h3-7,12-13H,8-11H2,1-2H3,(H,18,21)(H,19,22)/t12-,13+/m1/s1. The van der Waals surface area contributed by atoms with Crippen molar-refractivity contribution in [3.8, 4) is 0 Å². The van der Waals surface area contributed by atoms with E-state index in [0.717, 1.165) is 13.0 Å². The van der Waals surface area contributed by atoms with Gasteiger partial charge in [-0.2, -0.15) is 0 Å². The molecule has 1 aromatic rings. The molecule has 2 N–H and O–H groups in total. The number of para-hydroxylation sites is 1. The van der Waals surface area contributed by atoms with Crippen LogP contribution in [0.15, 0.2) is 30.3 Å². The van der Waals surface area contributed by atoms with E-state index in [1.54, 1.807) is 7.05 Å². The Morgan fingerprint density at radius 3 is 2.45 bits per heavy atom. The Balaban J connectivity index is 1.63. The molecule has 2 atom stereocenters. The third-order valence-electron chi connectivity index (χ3n) is 4.84. The summed E-state index contributed by atoms with van der Waals surface area (Å²) >= 11 is 0. The molecule has 5 nitrogen and oxygen atoms in total. The minimum Gasteiger partial charge on any atom is -0.367 e. The SMILES string of the molecule is CNC(=O)C1(C(=O)N[C@H]2C[C@@H](C)N(c3ccccc3)C2)CC1. The summed E-state index contributed by atoms with van der Waals surface area (Å²) in [6.45, 7) is 2.96. The Hall–Kier alpha value is -2.04. The van der Waals surface area contributed by atoms with E-state index in [1.165, 1.54) is 5.69 Å². The normalized spacial score (nSPS) is 25.6. The highest BCUT2D eigenvalue weighted by Gasteiger charge is 2.56. The van der Waals surface area contributed by atoms with Gasteiger partial charge in [0.1, 0.15) is 5.41 Å². The summed E-state index contributed by atoms with van der Waals surface area (Å²) in [5.41, 5.74) is 0.372. The van der Waals surface area contributed by atoms with Crippen molar-refractivity contribution in [3.63, 3.8) is 0 Å². The maximum Gasteiger partial charge on any atom is 0.235 e. The molecule has 0 bridgehead atoms. The van der Waals surface area contributed by atoms with Crippen molar-refractivity contribution in [2.24, 2.45) is 5.41 Å². The van der Waals surface area contributed by atoms with Gasteiger partial charge in [-0.25, -0.2) is 0 Å². The Morgan fingerprint density at radius 2 is 1.86 bits per heavy atom. The van der Waals surface area contributed by atoms with Crippen molar-refractivity contribution in [3.05, 3.63) is 30.3 Å². The first kappa shape index (κ1) is 14.9. The molecule has 2 fully saturated rings. The van der Waals surface area contributed by atoms with Crippen LogP contribution in [0.4, 0.5) is 5.69 Å². The molecule has 0 radical (unpaired) electrons. The predicted molar refractivity (Wildman–Crippen MR) is 85.5 cm³/mol. The average molecular weight is 301 g/mol. The number of hydrogen-bond donors (Lipinski definition) is 2. The van der Waals surface area contributed by atoms with E-state index in [0.29, 0.717) is 18.9 Å². The Morgan fingerprint density at radius 1 is 1.18 bits per heavy atom. The van der Waals surface area contributed by atoms with Crippen molar-refractivity contribution >= 4 is 17.5 Å². The number of carbonyl (C=O) groups excluding carboxylic acids is 2. The Kier molecular flexibility index (Phi) is 3.81. The minimum atomic E-state index is -0.807. The number of anilines is 1. The lowest BCUT2D eigenvalue weighted by Gasteiger charge is -2.23. The number of benzene rings is 1. The summed E-state index contributed by atoms with van der Waals surface area (Å²) in [5.74, 6) is -0.269. The van der Waals surface area contributed by atoms with Crippen molar-refractivity contribution in [1.29, 1.82) is 0 Å². The van der Waals surface area contributed by atoms with Gasteiger partial charge < -0.3 is 15.5 Å². The summed E-state index contributed by atoms with van der Waals surface area (Å²) in [4.78, 5) is 26.6. The third-order valence-corrected chi connectivity index (χ3v) is 4.84. The fraction of sp³-hybridized carbons (Fsp3) is 0.529. The van der Waals surface area contributed by atoms with Gasteiger partial charge in [0.25, 0.3) is 0 Å². The second-order valence-corrected chi connectivity index (χ2v) is 6.40. The lowest BCUT2D eigenvalue weighted by atomic mass is 10.0. The molecule has 5 heteroatoms. The summed E-state index contributed by atoms with van der Waals surface area (Å²) in [7, 11) is 1.59. The van der Waals surface area contributed by atoms with Gasteiger partial charge in [-0.05, 0) is 38.3 Å². The summed E-state index contributed by atoms with van der Waals surface area (Å²) in [6.07, 6.45) is 2.22. The van der Waals surface area contributed by atoms with E-state index in [4.69, 9.17) is 0 Å². The second kappa shape index (κ2) is 5.63. The van der Waals surface area contributed by atoms with Crippen LogP contribution in [-0.4, -0.2) is 37.5 Å². The van der Waals surface area contributed by atoms with E-state index in [1.807, 2.05) is 18.2 Å². The van der Waals surface area contributed by atoms with Crippen LogP contribution in [0.25, 0.3) is 0 Å². The molecule has 1 aromatic carbocycles. The van der Waals surface area contributed by atoms with Crippen LogP contribution in [-0.2, 0) is 9.59 Å². The van der Waals surface area contributed by atoms with Crippen LogP contribution in [0, 0.1) is 5.41 Å². The van der Waals surface area contributed by atoms with E-state index in [2.05, 4.69) is 34.6 Å². The maximum atomic E-state index is 12.4. The van der Waals surface area contributed by atoms with Crippen molar-refractivity contribution in [2.75, 3.05) is 18.5 Å². The molecule has 1 aliphatic heterocycles. The Labute approximate surface area is 131 Å². The molecule has 3 rings (SSSR count). The number of amides is 2. The molecule has 0 unspecified atom stereocenters. The van der Waals surface area contributed by atoms with Gasteiger partial charge in [0.2, 0.25) is 11.8 Å². The molecule has 1 saturated carbocycles. The number of hydrogen-bond acceptors (Lipinski definition) is 3. The van der Waals surface area contributed by atoms with Gasteiger partial charge in [-0.15, -0.1) is 0 Å². The molecule has 118 valence electrons. The van der Waals surface area contributed by atoms with Gasteiger partial charge >= 0.3 is 0 Å². The molecular weight excluding hydrogens is 278 g/mol. The van der Waals surface area contributed by atoms with E-state index in [-0.39, 0.29) is 17.9 Å². The fourth-order valence-electron chi connectivity index (χ4n) is 3.36. The molecular formula is C17H23N3O2. The van der Waals surface area contributed by atoms with E-state index in [9.17, 15) is 9.59 Å². The quantitative estimate of drug-likeness (QED) is 0.824. The lowest BCUT2D eigenvalue weighted by molar-refractivity contribution is -0.137. The van der Waals surface area contributed by atoms with E-state index < -0.39 is 5.41 Å². The number of nitrogens with zero attached hydrogens (tertiary/aromatic N) is 1. The van der Waals surface area contributed by atoms with E-state index >= 15 is 0 Å². The van der Waals surface area contributed by atoms with Crippen molar-refractivity contribution in [1.82, 2.24) is 10.6 Å². The smallest absolute Gasteiger partial charge is 0.235 e. The maximum absolute atomic E-state index is 12.4. The summed E-state index contributed by atoms with van der Waals surface area (Å²) in [5, 5.41) is 5.69. The largest absolute Gasteiger partial charge is 0.367 e. The molecule has 0 aromatic heterocycles. The molecule has 2 amide bonds. The fourth-order valence-corrected chi connectivity index (χ4v) is 3.36. The van der Waals surface area contributed by atoms with Crippen LogP contribution in [0.5, 0.6) is 0 Å². The zero-order valence-electron chi connectivity index (χ0n) is 13.1. The van der Waals surface area contributed by atoms with Crippen LogP contribution in [0.2, 0.25) is 0 Å². The molecule has 1 saturated heterocycles. The number of carbonyl (C=O) groups is 2. The number of rotatable bonds is 4. The second-order valence-electron chi connectivity index (χ2n) is 6.40. The average Bonchev–Trinajstić information content (AvgIpc) is 3.27. The topological polar surface area (TPSA) is 61.4 Å². The van der Waals surface area contributed by atoms with Crippen LogP contribution < -0.4 is 15.5 Å². The Bertz CT molecular complexity index is 569. The third kappa shape index (κ3) is 2.56. The lowest BCUT2D eigenvalue weighted by Crippen LogP contribution is -2.46. The van der Waals surface area contributed by atoms with Gasteiger partial charge in [0.15, 0.2) is 0 Å². The highest BCUT2D eigenvalue weighted by molar-refractivity contribution is 6.07. The van der Waals surface area contributed by atoms with Crippen molar-refractivity contribution in [2.45, 2.75) is 38.3 Å². The first-order valence-electron chi connectivity index (χ1n) is 7.91. The zero-order valence-corrected chi connectivity index (χ0v) is 13.1.